The number of benzene rings is 1. The highest BCUT2D eigenvalue weighted by molar-refractivity contribution is 5.34. The maximum Gasteiger partial charge on any atom is 0.140 e. The summed E-state index contributed by atoms with van der Waals surface area (Å²) >= 11 is 0. The van der Waals surface area contributed by atoms with Gasteiger partial charge in [-0.3, -0.25) is 0 Å². The Balaban J connectivity index is 0.000000791. The van der Waals surface area contributed by atoms with Crippen LogP contribution in [0, 0.1) is 17.1 Å². The van der Waals surface area contributed by atoms with Crippen molar-refractivity contribution in [2.75, 3.05) is 7.11 Å². The van der Waals surface area contributed by atoms with E-state index in [9.17, 15) is 4.39 Å². The molecular formula is C11H14FNO. The Morgan fingerprint density at radius 1 is 1.43 bits per heavy atom. The normalized spacial score (nSPS) is 8.50. The number of nitrogens with zero attached hydrogens (tertiary/aromatic N) is 1. The molecule has 0 atom stereocenters. The summed E-state index contributed by atoms with van der Waals surface area (Å²) in [5, 5.41) is 8.48. The monoisotopic (exact) mass is 195 g/mol. The standard InChI is InChI=1S/C9H8FNO.C2H6/c1-12-6-7-2-3-9(10)8(4-7)5-11;1-2/h2-4H,6H2,1H3;1-2H3. The van der Waals surface area contributed by atoms with Crippen LogP contribution in [0.5, 0.6) is 0 Å². The van der Waals surface area contributed by atoms with E-state index in [1.165, 1.54) is 12.1 Å². The lowest BCUT2D eigenvalue weighted by Crippen LogP contribution is -1.90. The third-order valence-corrected chi connectivity index (χ3v) is 1.46. The van der Waals surface area contributed by atoms with E-state index in [-0.39, 0.29) is 5.56 Å². The molecule has 1 aromatic carbocycles. The zero-order valence-electron chi connectivity index (χ0n) is 8.67. The van der Waals surface area contributed by atoms with Crippen molar-refractivity contribution in [3.63, 3.8) is 0 Å². The van der Waals surface area contributed by atoms with Crippen LogP contribution in [0.1, 0.15) is 25.0 Å². The van der Waals surface area contributed by atoms with Gasteiger partial charge in [-0.25, -0.2) is 4.39 Å². The Labute approximate surface area is 83.9 Å². The summed E-state index contributed by atoms with van der Waals surface area (Å²) in [6.07, 6.45) is 0. The van der Waals surface area contributed by atoms with E-state index >= 15 is 0 Å². The second-order valence-corrected chi connectivity index (χ2v) is 2.36. The molecule has 1 rings (SSSR count). The zero-order chi connectivity index (χ0) is 11.0. The van der Waals surface area contributed by atoms with Gasteiger partial charge in [0.2, 0.25) is 0 Å². The first-order valence-corrected chi connectivity index (χ1v) is 4.45. The molecule has 0 heterocycles. The number of nitriles is 1. The highest BCUT2D eigenvalue weighted by Gasteiger charge is 2.01. The summed E-state index contributed by atoms with van der Waals surface area (Å²) in [4.78, 5) is 0. The Hall–Kier alpha value is -1.40. The number of methoxy groups -OCH3 is 1. The quantitative estimate of drug-likeness (QED) is 0.727. The van der Waals surface area contributed by atoms with Crippen molar-refractivity contribution in [1.82, 2.24) is 0 Å². The molecule has 0 spiro atoms. The molecule has 0 aliphatic rings. The molecule has 3 heteroatoms. The summed E-state index contributed by atoms with van der Waals surface area (Å²) in [6.45, 7) is 4.40. The highest BCUT2D eigenvalue weighted by Crippen LogP contribution is 2.09. The summed E-state index contributed by atoms with van der Waals surface area (Å²) in [7, 11) is 1.55. The molecule has 0 unspecified atom stereocenters. The predicted molar refractivity (Wildman–Crippen MR) is 53.2 cm³/mol. The van der Waals surface area contributed by atoms with Crippen molar-refractivity contribution < 1.29 is 9.13 Å². The van der Waals surface area contributed by atoms with Gasteiger partial charge in [0.25, 0.3) is 0 Å². The third-order valence-electron chi connectivity index (χ3n) is 1.46. The highest BCUT2D eigenvalue weighted by atomic mass is 19.1. The fraction of sp³-hybridized carbons (Fsp3) is 0.364. The summed E-state index contributed by atoms with van der Waals surface area (Å²) in [5.74, 6) is -0.489. The Bertz CT molecular complexity index is 318. The van der Waals surface area contributed by atoms with Crippen LogP contribution in [0.2, 0.25) is 0 Å². The molecule has 0 saturated carbocycles. The minimum Gasteiger partial charge on any atom is -0.380 e. The zero-order valence-corrected chi connectivity index (χ0v) is 8.67. The molecule has 0 aromatic heterocycles. The minimum absolute atomic E-state index is 0.0598. The van der Waals surface area contributed by atoms with Crippen molar-refractivity contribution in [2.45, 2.75) is 20.5 Å². The fourth-order valence-electron chi connectivity index (χ4n) is 0.915. The van der Waals surface area contributed by atoms with Crippen LogP contribution in [-0.4, -0.2) is 7.11 Å². The topological polar surface area (TPSA) is 33.0 Å². The molecule has 0 radical (unpaired) electrons. The van der Waals surface area contributed by atoms with Gasteiger partial charge in [0.1, 0.15) is 11.9 Å². The van der Waals surface area contributed by atoms with E-state index in [1.54, 1.807) is 19.2 Å². The molecule has 0 bridgehead atoms. The van der Waals surface area contributed by atoms with Gasteiger partial charge in [-0.05, 0) is 17.7 Å². The van der Waals surface area contributed by atoms with Gasteiger partial charge in [-0.15, -0.1) is 0 Å². The summed E-state index contributed by atoms with van der Waals surface area (Å²) in [5.41, 5.74) is 0.861. The molecule has 2 nitrogen and oxygen atoms in total. The number of halogens is 1. The number of hydrogen-bond donors (Lipinski definition) is 0. The minimum atomic E-state index is -0.489. The van der Waals surface area contributed by atoms with E-state index in [0.29, 0.717) is 6.61 Å². The molecule has 0 N–H and O–H groups in total. The molecule has 0 aliphatic heterocycles. The first kappa shape index (κ1) is 12.6. The van der Waals surface area contributed by atoms with Crippen molar-refractivity contribution in [2.24, 2.45) is 0 Å². The van der Waals surface area contributed by atoms with Crippen molar-refractivity contribution in [1.29, 1.82) is 5.26 Å². The van der Waals surface area contributed by atoms with Crippen LogP contribution in [0.25, 0.3) is 0 Å². The molecule has 0 aliphatic carbocycles. The van der Waals surface area contributed by atoms with E-state index in [1.807, 2.05) is 13.8 Å². The Kier molecular flexibility index (Phi) is 6.34. The number of rotatable bonds is 2. The van der Waals surface area contributed by atoms with Gasteiger partial charge < -0.3 is 4.74 Å². The average Bonchev–Trinajstić information content (AvgIpc) is 2.24. The van der Waals surface area contributed by atoms with Gasteiger partial charge in [-0.2, -0.15) is 5.26 Å². The second kappa shape index (κ2) is 7.05. The molecule has 14 heavy (non-hydrogen) atoms. The average molecular weight is 195 g/mol. The Morgan fingerprint density at radius 2 is 2.07 bits per heavy atom. The van der Waals surface area contributed by atoms with Crippen LogP contribution in [0.3, 0.4) is 0 Å². The van der Waals surface area contributed by atoms with E-state index < -0.39 is 5.82 Å². The smallest absolute Gasteiger partial charge is 0.140 e. The Morgan fingerprint density at radius 3 is 2.57 bits per heavy atom. The third kappa shape index (κ3) is 3.55. The molecule has 0 saturated heterocycles. The predicted octanol–water partition coefficient (Wildman–Crippen LogP) is 2.87. The first-order chi connectivity index (χ1) is 6.77. The first-order valence-electron chi connectivity index (χ1n) is 4.45. The lowest BCUT2D eigenvalue weighted by Gasteiger charge is -1.99. The largest absolute Gasteiger partial charge is 0.380 e. The molecule has 1 aromatic rings. The SMILES string of the molecule is CC.COCc1ccc(F)c(C#N)c1. The number of hydrogen-bond acceptors (Lipinski definition) is 2. The van der Waals surface area contributed by atoms with Gasteiger partial charge >= 0.3 is 0 Å². The maximum atomic E-state index is 12.7. The molecular weight excluding hydrogens is 181 g/mol. The van der Waals surface area contributed by atoms with Crippen LogP contribution in [-0.2, 0) is 11.3 Å². The van der Waals surface area contributed by atoms with Gasteiger partial charge in [0.05, 0.1) is 12.2 Å². The lowest BCUT2D eigenvalue weighted by molar-refractivity contribution is 0.185. The van der Waals surface area contributed by atoms with Gasteiger partial charge in [0, 0.05) is 7.11 Å². The van der Waals surface area contributed by atoms with Gasteiger partial charge in [0.15, 0.2) is 0 Å². The lowest BCUT2D eigenvalue weighted by atomic mass is 10.1. The van der Waals surface area contributed by atoms with E-state index in [2.05, 4.69) is 0 Å². The molecule has 0 amide bonds. The van der Waals surface area contributed by atoms with Crippen molar-refractivity contribution in [3.8, 4) is 6.07 Å². The van der Waals surface area contributed by atoms with Crippen LogP contribution in [0.15, 0.2) is 18.2 Å². The molecule has 0 fully saturated rings. The van der Waals surface area contributed by atoms with E-state index in [0.717, 1.165) is 5.56 Å². The van der Waals surface area contributed by atoms with Gasteiger partial charge in [-0.1, -0.05) is 19.9 Å². The summed E-state index contributed by atoms with van der Waals surface area (Å²) in [6, 6.07) is 6.12. The van der Waals surface area contributed by atoms with E-state index in [4.69, 9.17) is 10.00 Å². The van der Waals surface area contributed by atoms with Crippen LogP contribution >= 0.6 is 0 Å². The van der Waals surface area contributed by atoms with Crippen LogP contribution in [0.4, 0.5) is 4.39 Å². The van der Waals surface area contributed by atoms with Crippen LogP contribution < -0.4 is 0 Å². The fourth-order valence-corrected chi connectivity index (χ4v) is 0.915. The maximum absolute atomic E-state index is 12.7. The molecule has 76 valence electrons. The van der Waals surface area contributed by atoms with Crippen molar-refractivity contribution in [3.05, 3.63) is 35.1 Å². The second-order valence-electron chi connectivity index (χ2n) is 2.36. The van der Waals surface area contributed by atoms with Crippen molar-refractivity contribution >= 4 is 0 Å². The summed E-state index contributed by atoms with van der Waals surface area (Å²) < 4.78 is 17.6. The number of ether oxygens (including phenoxy) is 1.